The summed E-state index contributed by atoms with van der Waals surface area (Å²) in [5, 5.41) is 0. The van der Waals surface area contributed by atoms with Crippen molar-refractivity contribution in [1.29, 1.82) is 0 Å². The molecule has 0 aliphatic rings. The van der Waals surface area contributed by atoms with E-state index in [1.807, 2.05) is 19.1 Å². The van der Waals surface area contributed by atoms with Crippen molar-refractivity contribution in [2.75, 3.05) is 5.73 Å². The molecule has 0 radical (unpaired) electrons. The number of rotatable bonds is 2. The molecule has 2 aromatic rings. The van der Waals surface area contributed by atoms with Crippen LogP contribution in [-0.4, -0.2) is 9.55 Å². The molecule has 0 aliphatic carbocycles. The average Bonchev–Trinajstić information content (AvgIpc) is 2.26. The van der Waals surface area contributed by atoms with Crippen LogP contribution in [0.15, 0.2) is 41.3 Å². The molecule has 0 unspecified atom stereocenters. The predicted molar refractivity (Wildman–Crippen MR) is 63.2 cm³/mol. The van der Waals surface area contributed by atoms with Crippen molar-refractivity contribution in [2.24, 2.45) is 0 Å². The zero-order chi connectivity index (χ0) is 11.5. The Bertz CT molecular complexity index is 543. The monoisotopic (exact) mass is 215 g/mol. The van der Waals surface area contributed by atoms with E-state index in [2.05, 4.69) is 4.98 Å². The lowest BCUT2D eigenvalue weighted by molar-refractivity contribution is 0.727. The van der Waals surface area contributed by atoms with Gasteiger partial charge in [-0.3, -0.25) is 4.79 Å². The number of nitrogen functional groups attached to an aromatic ring is 1. The van der Waals surface area contributed by atoms with Crippen molar-refractivity contribution in [1.82, 2.24) is 9.55 Å². The third-order valence-corrected chi connectivity index (χ3v) is 2.46. The Morgan fingerprint density at radius 3 is 2.75 bits per heavy atom. The third kappa shape index (κ3) is 2.11. The van der Waals surface area contributed by atoms with E-state index in [0.717, 1.165) is 11.3 Å². The van der Waals surface area contributed by atoms with Crippen molar-refractivity contribution in [2.45, 2.75) is 13.5 Å². The average molecular weight is 215 g/mol. The maximum absolute atomic E-state index is 11.6. The van der Waals surface area contributed by atoms with Crippen molar-refractivity contribution in [3.05, 3.63) is 58.1 Å². The van der Waals surface area contributed by atoms with Crippen LogP contribution >= 0.6 is 0 Å². The quantitative estimate of drug-likeness (QED) is 0.818. The Kier molecular flexibility index (Phi) is 2.72. The van der Waals surface area contributed by atoms with Gasteiger partial charge < -0.3 is 10.3 Å². The van der Waals surface area contributed by atoms with E-state index in [-0.39, 0.29) is 5.56 Å². The summed E-state index contributed by atoms with van der Waals surface area (Å²) in [6, 6.07) is 8.83. The summed E-state index contributed by atoms with van der Waals surface area (Å²) in [7, 11) is 0. The van der Waals surface area contributed by atoms with Crippen LogP contribution in [0.2, 0.25) is 0 Å². The molecular weight excluding hydrogens is 202 g/mol. The van der Waals surface area contributed by atoms with E-state index in [1.165, 1.54) is 0 Å². The van der Waals surface area contributed by atoms with Gasteiger partial charge in [-0.25, -0.2) is 4.98 Å². The molecule has 0 atom stereocenters. The lowest BCUT2D eigenvalue weighted by Crippen LogP contribution is -2.21. The van der Waals surface area contributed by atoms with Gasteiger partial charge in [0.15, 0.2) is 0 Å². The SMILES string of the molecule is Cc1cccc(=O)n1Cc1ccc(N)nc1. The molecule has 0 saturated carbocycles. The van der Waals surface area contributed by atoms with Gasteiger partial charge in [-0.1, -0.05) is 12.1 Å². The summed E-state index contributed by atoms with van der Waals surface area (Å²) in [5.74, 6) is 0.487. The molecule has 2 aromatic heterocycles. The summed E-state index contributed by atoms with van der Waals surface area (Å²) in [4.78, 5) is 15.6. The van der Waals surface area contributed by atoms with Gasteiger partial charge in [-0.2, -0.15) is 0 Å². The minimum atomic E-state index is -0.00294. The van der Waals surface area contributed by atoms with Crippen LogP contribution in [0.3, 0.4) is 0 Å². The first kappa shape index (κ1) is 10.4. The Morgan fingerprint density at radius 2 is 2.12 bits per heavy atom. The van der Waals surface area contributed by atoms with Gasteiger partial charge in [0.2, 0.25) is 0 Å². The lowest BCUT2D eigenvalue weighted by Gasteiger charge is -2.08. The van der Waals surface area contributed by atoms with Crippen molar-refractivity contribution < 1.29 is 0 Å². The van der Waals surface area contributed by atoms with Gasteiger partial charge in [0.1, 0.15) is 5.82 Å². The Morgan fingerprint density at radius 1 is 1.31 bits per heavy atom. The van der Waals surface area contributed by atoms with E-state index in [1.54, 1.807) is 29.0 Å². The topological polar surface area (TPSA) is 60.9 Å². The standard InChI is InChI=1S/C12H13N3O/c1-9-3-2-4-12(16)15(9)8-10-5-6-11(13)14-7-10/h2-7H,8H2,1H3,(H2,13,14). The van der Waals surface area contributed by atoms with Crippen molar-refractivity contribution in [3.63, 3.8) is 0 Å². The number of anilines is 1. The van der Waals surface area contributed by atoms with Gasteiger partial charge in [0.05, 0.1) is 6.54 Å². The van der Waals surface area contributed by atoms with E-state index >= 15 is 0 Å². The van der Waals surface area contributed by atoms with Gasteiger partial charge in [0, 0.05) is 18.0 Å². The van der Waals surface area contributed by atoms with E-state index in [4.69, 9.17) is 5.73 Å². The number of hydrogen-bond acceptors (Lipinski definition) is 3. The molecular formula is C12H13N3O. The van der Waals surface area contributed by atoms with Crippen LogP contribution in [-0.2, 0) is 6.54 Å². The van der Waals surface area contributed by atoms with Crippen LogP contribution < -0.4 is 11.3 Å². The number of hydrogen-bond donors (Lipinski definition) is 1. The molecule has 4 heteroatoms. The number of nitrogens with zero attached hydrogens (tertiary/aromatic N) is 2. The second kappa shape index (κ2) is 4.18. The van der Waals surface area contributed by atoms with Crippen LogP contribution in [0.4, 0.5) is 5.82 Å². The molecule has 82 valence electrons. The van der Waals surface area contributed by atoms with Gasteiger partial charge in [0.25, 0.3) is 5.56 Å². The van der Waals surface area contributed by atoms with Crippen LogP contribution in [0.5, 0.6) is 0 Å². The fourth-order valence-electron chi connectivity index (χ4n) is 1.54. The zero-order valence-electron chi connectivity index (χ0n) is 9.05. The highest BCUT2D eigenvalue weighted by Crippen LogP contribution is 2.04. The zero-order valence-corrected chi connectivity index (χ0v) is 9.05. The van der Waals surface area contributed by atoms with E-state index in [0.29, 0.717) is 12.4 Å². The minimum absolute atomic E-state index is 0.00294. The third-order valence-electron chi connectivity index (χ3n) is 2.46. The molecule has 0 bridgehead atoms. The smallest absolute Gasteiger partial charge is 0.251 e. The molecule has 16 heavy (non-hydrogen) atoms. The Balaban J connectivity index is 2.34. The lowest BCUT2D eigenvalue weighted by atomic mass is 10.2. The highest BCUT2D eigenvalue weighted by Gasteiger charge is 2.00. The Labute approximate surface area is 93.4 Å². The second-order valence-corrected chi connectivity index (χ2v) is 3.68. The molecule has 2 heterocycles. The maximum atomic E-state index is 11.6. The summed E-state index contributed by atoms with van der Waals surface area (Å²) >= 11 is 0. The molecule has 2 rings (SSSR count). The molecule has 0 fully saturated rings. The fraction of sp³-hybridized carbons (Fsp3) is 0.167. The van der Waals surface area contributed by atoms with Gasteiger partial charge >= 0.3 is 0 Å². The van der Waals surface area contributed by atoms with Crippen molar-refractivity contribution in [3.8, 4) is 0 Å². The molecule has 0 aliphatic heterocycles. The Hall–Kier alpha value is -2.10. The predicted octanol–water partition coefficient (Wildman–Crippen LogP) is 1.18. The fourth-order valence-corrected chi connectivity index (χ4v) is 1.54. The van der Waals surface area contributed by atoms with Crippen LogP contribution in [0.25, 0.3) is 0 Å². The number of nitrogens with two attached hydrogens (primary N) is 1. The molecule has 2 N–H and O–H groups in total. The largest absolute Gasteiger partial charge is 0.384 e. The second-order valence-electron chi connectivity index (χ2n) is 3.68. The molecule has 4 nitrogen and oxygen atoms in total. The minimum Gasteiger partial charge on any atom is -0.384 e. The summed E-state index contributed by atoms with van der Waals surface area (Å²) in [6.07, 6.45) is 1.69. The van der Waals surface area contributed by atoms with Crippen molar-refractivity contribution >= 4 is 5.82 Å². The molecule has 0 amide bonds. The number of pyridine rings is 2. The first-order valence-corrected chi connectivity index (χ1v) is 5.03. The summed E-state index contributed by atoms with van der Waals surface area (Å²) in [5.41, 5.74) is 7.40. The van der Waals surface area contributed by atoms with Gasteiger partial charge in [-0.15, -0.1) is 0 Å². The van der Waals surface area contributed by atoms with E-state index < -0.39 is 0 Å². The molecule has 0 spiro atoms. The van der Waals surface area contributed by atoms with Gasteiger partial charge in [-0.05, 0) is 24.6 Å². The first-order valence-electron chi connectivity index (χ1n) is 5.03. The number of aryl methyl sites for hydroxylation is 1. The van der Waals surface area contributed by atoms with Crippen LogP contribution in [0, 0.1) is 6.92 Å². The summed E-state index contributed by atoms with van der Waals surface area (Å²) < 4.78 is 1.70. The molecule has 0 aromatic carbocycles. The highest BCUT2D eigenvalue weighted by molar-refractivity contribution is 5.29. The maximum Gasteiger partial charge on any atom is 0.251 e. The first-order chi connectivity index (χ1) is 7.66. The van der Waals surface area contributed by atoms with Crippen LogP contribution in [0.1, 0.15) is 11.3 Å². The van der Waals surface area contributed by atoms with E-state index in [9.17, 15) is 4.79 Å². The number of aromatic nitrogens is 2. The normalized spacial score (nSPS) is 10.3. The molecule has 0 saturated heterocycles. The summed E-state index contributed by atoms with van der Waals surface area (Å²) in [6.45, 7) is 2.44. The highest BCUT2D eigenvalue weighted by atomic mass is 16.1.